The first-order valence-electron chi connectivity index (χ1n) is 12.1. The summed E-state index contributed by atoms with van der Waals surface area (Å²) in [6.45, 7) is 7.34. The van der Waals surface area contributed by atoms with E-state index in [1.807, 2.05) is 0 Å². The van der Waals surface area contributed by atoms with Crippen LogP contribution in [0.3, 0.4) is 0 Å². The molecule has 1 aliphatic carbocycles. The van der Waals surface area contributed by atoms with Crippen LogP contribution in [-0.4, -0.2) is 35.5 Å². The van der Waals surface area contributed by atoms with Gasteiger partial charge in [-0.3, -0.25) is 14.9 Å². The van der Waals surface area contributed by atoms with E-state index in [0.717, 1.165) is 19.3 Å². The van der Waals surface area contributed by atoms with E-state index < -0.39 is 29.4 Å². The second-order valence-corrected chi connectivity index (χ2v) is 9.70. The van der Waals surface area contributed by atoms with Crippen molar-refractivity contribution in [2.24, 2.45) is 17.8 Å². The van der Waals surface area contributed by atoms with Crippen LogP contribution in [0.4, 0.5) is 11.4 Å². The van der Waals surface area contributed by atoms with E-state index in [2.05, 4.69) is 26.1 Å². The van der Waals surface area contributed by atoms with Crippen molar-refractivity contribution in [3.63, 3.8) is 0 Å². The van der Waals surface area contributed by atoms with Crippen molar-refractivity contribution < 1.29 is 28.8 Å². The van der Waals surface area contributed by atoms with E-state index in [4.69, 9.17) is 9.47 Å². The molecule has 192 valence electrons. The number of anilines is 1. The molecular formula is C27H32N2O7. The molecule has 0 aromatic heterocycles. The van der Waals surface area contributed by atoms with Crippen LogP contribution in [0, 0.1) is 34.8 Å². The second-order valence-electron chi connectivity index (χ2n) is 9.70. The highest BCUT2D eigenvalue weighted by Gasteiger charge is 2.34. The third kappa shape index (κ3) is 6.68. The fourth-order valence-corrected chi connectivity index (χ4v) is 4.58. The van der Waals surface area contributed by atoms with Gasteiger partial charge in [0.25, 0.3) is 11.6 Å². The fraction of sp³-hybridized carbons (Fsp3) is 0.444. The van der Waals surface area contributed by atoms with Gasteiger partial charge in [-0.15, -0.1) is 0 Å². The van der Waals surface area contributed by atoms with Crippen LogP contribution in [0.25, 0.3) is 0 Å². The molecule has 0 aliphatic heterocycles. The maximum Gasteiger partial charge on any atom is 0.339 e. The Morgan fingerprint density at radius 2 is 1.75 bits per heavy atom. The van der Waals surface area contributed by atoms with Crippen LogP contribution in [0.2, 0.25) is 0 Å². The zero-order valence-corrected chi connectivity index (χ0v) is 21.0. The van der Waals surface area contributed by atoms with Gasteiger partial charge in [0.05, 0.1) is 16.1 Å². The number of amides is 1. The van der Waals surface area contributed by atoms with Gasteiger partial charge in [0, 0.05) is 17.3 Å². The van der Waals surface area contributed by atoms with Crippen LogP contribution in [0.1, 0.15) is 66.3 Å². The molecule has 0 unspecified atom stereocenters. The highest BCUT2D eigenvalue weighted by Crippen LogP contribution is 2.36. The number of carbonyl (C=O) groups excluding carboxylic acids is 3. The molecule has 0 bridgehead atoms. The van der Waals surface area contributed by atoms with Gasteiger partial charge in [-0.1, -0.05) is 45.4 Å². The largest absolute Gasteiger partial charge is 0.458 e. The number of nitrogens with one attached hydrogen (secondary N) is 1. The molecule has 0 heterocycles. The third-order valence-electron chi connectivity index (χ3n) is 6.61. The normalized spacial score (nSPS) is 19.4. The van der Waals surface area contributed by atoms with Crippen LogP contribution in [-0.2, 0) is 14.3 Å². The Morgan fingerprint density at radius 1 is 1.08 bits per heavy atom. The first kappa shape index (κ1) is 26.8. The zero-order valence-electron chi connectivity index (χ0n) is 21.0. The summed E-state index contributed by atoms with van der Waals surface area (Å²) >= 11 is 0. The van der Waals surface area contributed by atoms with Crippen molar-refractivity contribution in [1.29, 1.82) is 0 Å². The lowest BCUT2D eigenvalue weighted by Crippen LogP contribution is -2.36. The number of nitrogens with zero attached hydrogens (tertiary/aromatic N) is 1. The molecular weight excluding hydrogens is 464 g/mol. The number of rotatable bonds is 8. The van der Waals surface area contributed by atoms with Gasteiger partial charge in [0.1, 0.15) is 6.10 Å². The Balaban J connectivity index is 1.65. The molecule has 9 nitrogen and oxygen atoms in total. The standard InChI is InChI=1S/C27H32N2O7/c1-16(2)20-12-9-17(3)13-24(20)36-27(32)22-8-6-5-7-21(22)26(31)35-15-25(30)28-19-11-10-18(4)23(14-19)29(33)34/h5-8,10-11,14,16-17,20,24H,9,12-13,15H2,1-4H3,(H,28,30)/t17-,20+,24+/m0/s1. The average molecular weight is 497 g/mol. The Kier molecular flexibility index (Phi) is 8.79. The highest BCUT2D eigenvalue weighted by atomic mass is 16.6. The van der Waals surface area contributed by atoms with E-state index in [0.29, 0.717) is 17.4 Å². The zero-order chi connectivity index (χ0) is 26.4. The molecule has 0 spiro atoms. The Hall–Kier alpha value is -3.75. The Morgan fingerprint density at radius 3 is 2.39 bits per heavy atom. The smallest absolute Gasteiger partial charge is 0.339 e. The molecule has 1 amide bonds. The predicted molar refractivity (Wildman–Crippen MR) is 134 cm³/mol. The van der Waals surface area contributed by atoms with Crippen LogP contribution in [0.5, 0.6) is 0 Å². The van der Waals surface area contributed by atoms with Gasteiger partial charge < -0.3 is 14.8 Å². The molecule has 2 aromatic rings. The minimum atomic E-state index is -0.843. The topological polar surface area (TPSA) is 125 Å². The predicted octanol–water partition coefficient (Wildman–Crippen LogP) is 5.32. The van der Waals surface area contributed by atoms with Crippen molar-refractivity contribution in [2.45, 2.75) is 53.1 Å². The molecule has 1 aliphatic rings. The summed E-state index contributed by atoms with van der Waals surface area (Å²) in [5.41, 5.74) is 0.613. The number of hydrogen-bond acceptors (Lipinski definition) is 7. The van der Waals surface area contributed by atoms with Crippen molar-refractivity contribution in [3.8, 4) is 0 Å². The van der Waals surface area contributed by atoms with E-state index >= 15 is 0 Å². The van der Waals surface area contributed by atoms with Crippen LogP contribution in [0.15, 0.2) is 42.5 Å². The molecule has 1 saturated carbocycles. The van der Waals surface area contributed by atoms with Crippen molar-refractivity contribution in [2.75, 3.05) is 11.9 Å². The fourth-order valence-electron chi connectivity index (χ4n) is 4.58. The Labute approximate surface area is 210 Å². The summed E-state index contributed by atoms with van der Waals surface area (Å²) in [4.78, 5) is 48.6. The lowest BCUT2D eigenvalue weighted by atomic mass is 9.75. The third-order valence-corrected chi connectivity index (χ3v) is 6.61. The van der Waals surface area contributed by atoms with Crippen LogP contribution < -0.4 is 5.32 Å². The monoisotopic (exact) mass is 496 g/mol. The summed E-state index contributed by atoms with van der Waals surface area (Å²) in [5.74, 6) is -1.03. The number of benzene rings is 2. The number of carbonyl (C=O) groups is 3. The van der Waals surface area contributed by atoms with Crippen molar-refractivity contribution in [1.82, 2.24) is 0 Å². The van der Waals surface area contributed by atoms with E-state index in [-0.39, 0.29) is 34.5 Å². The quantitative estimate of drug-likeness (QED) is 0.298. The van der Waals surface area contributed by atoms with Gasteiger partial charge in [0.2, 0.25) is 0 Å². The number of esters is 2. The summed E-state index contributed by atoms with van der Waals surface area (Å²) < 4.78 is 11.0. The van der Waals surface area contributed by atoms with E-state index in [1.165, 1.54) is 30.3 Å². The summed E-state index contributed by atoms with van der Waals surface area (Å²) in [6.07, 6.45) is 2.63. The van der Waals surface area contributed by atoms with Crippen LogP contribution >= 0.6 is 0 Å². The van der Waals surface area contributed by atoms with E-state index in [9.17, 15) is 24.5 Å². The molecule has 1 fully saturated rings. The van der Waals surface area contributed by atoms with Gasteiger partial charge in [-0.25, -0.2) is 9.59 Å². The minimum Gasteiger partial charge on any atom is -0.458 e. The van der Waals surface area contributed by atoms with Gasteiger partial charge >= 0.3 is 11.9 Å². The Bertz CT molecular complexity index is 1140. The van der Waals surface area contributed by atoms with Gasteiger partial charge in [0.15, 0.2) is 6.61 Å². The molecule has 36 heavy (non-hydrogen) atoms. The molecule has 0 radical (unpaired) electrons. The maximum absolute atomic E-state index is 13.0. The average Bonchev–Trinajstić information content (AvgIpc) is 2.83. The van der Waals surface area contributed by atoms with Crippen molar-refractivity contribution >= 4 is 29.2 Å². The minimum absolute atomic E-state index is 0.00577. The summed E-state index contributed by atoms with van der Waals surface area (Å²) in [5, 5.41) is 13.6. The van der Waals surface area contributed by atoms with Crippen molar-refractivity contribution in [3.05, 3.63) is 69.3 Å². The first-order chi connectivity index (χ1) is 17.1. The SMILES string of the molecule is Cc1ccc(NC(=O)COC(=O)c2ccccc2C(=O)O[C@@H]2C[C@@H](C)CC[C@@H]2C(C)C)cc1[N+](=O)[O-]. The lowest BCUT2D eigenvalue weighted by Gasteiger charge is -2.36. The number of ether oxygens (including phenoxy) is 2. The van der Waals surface area contributed by atoms with E-state index in [1.54, 1.807) is 19.1 Å². The maximum atomic E-state index is 13.0. The molecule has 3 rings (SSSR count). The molecule has 9 heteroatoms. The number of nitro groups is 1. The van der Waals surface area contributed by atoms with Gasteiger partial charge in [-0.05, 0) is 55.7 Å². The summed E-state index contributed by atoms with van der Waals surface area (Å²) in [6, 6.07) is 10.4. The molecule has 2 aromatic carbocycles. The lowest BCUT2D eigenvalue weighted by molar-refractivity contribution is -0.385. The molecule has 1 N–H and O–H groups in total. The summed E-state index contributed by atoms with van der Waals surface area (Å²) in [7, 11) is 0. The number of nitro benzene ring substituents is 1. The highest BCUT2D eigenvalue weighted by molar-refractivity contribution is 6.04. The number of hydrogen-bond donors (Lipinski definition) is 1. The molecule has 3 atom stereocenters. The second kappa shape index (κ2) is 11.8. The first-order valence-corrected chi connectivity index (χ1v) is 12.1. The number of aryl methyl sites for hydroxylation is 1. The molecule has 0 saturated heterocycles. The van der Waals surface area contributed by atoms with Gasteiger partial charge in [-0.2, -0.15) is 0 Å².